The molecule has 4 rings (SSSR count). The predicted octanol–water partition coefficient (Wildman–Crippen LogP) is 3.83. The highest BCUT2D eigenvalue weighted by molar-refractivity contribution is 7.98. The molecule has 1 aromatic carbocycles. The molecule has 1 aliphatic rings. The Labute approximate surface area is 133 Å². The van der Waals surface area contributed by atoms with Crippen LogP contribution < -0.4 is 0 Å². The Balaban J connectivity index is 1.65. The van der Waals surface area contributed by atoms with Crippen LogP contribution in [-0.4, -0.2) is 19.7 Å². The molecule has 0 N–H and O–H groups in total. The van der Waals surface area contributed by atoms with Crippen LogP contribution in [0.4, 0.5) is 0 Å². The summed E-state index contributed by atoms with van der Waals surface area (Å²) in [7, 11) is 0. The van der Waals surface area contributed by atoms with Gasteiger partial charge in [-0.2, -0.15) is 0 Å². The van der Waals surface area contributed by atoms with E-state index in [-0.39, 0.29) is 0 Å². The molecular formula is C17H16N4S. The van der Waals surface area contributed by atoms with E-state index in [4.69, 9.17) is 0 Å². The third-order valence-corrected chi connectivity index (χ3v) is 4.71. The fourth-order valence-electron chi connectivity index (χ4n) is 2.43. The highest BCUT2D eigenvalue weighted by atomic mass is 32.2. The van der Waals surface area contributed by atoms with Crippen LogP contribution in [0.25, 0.3) is 5.69 Å². The van der Waals surface area contributed by atoms with Crippen LogP contribution in [0.5, 0.6) is 0 Å². The highest BCUT2D eigenvalue weighted by Crippen LogP contribution is 2.41. The molecule has 3 aromatic rings. The monoisotopic (exact) mass is 308 g/mol. The molecule has 0 amide bonds. The van der Waals surface area contributed by atoms with Crippen molar-refractivity contribution >= 4 is 11.8 Å². The molecule has 0 saturated heterocycles. The normalized spacial score (nSPS) is 14.2. The van der Waals surface area contributed by atoms with E-state index in [2.05, 4.69) is 50.1 Å². The number of aromatic nitrogens is 4. The number of hydrogen-bond acceptors (Lipinski definition) is 4. The molecule has 1 fully saturated rings. The van der Waals surface area contributed by atoms with Crippen LogP contribution >= 0.6 is 11.8 Å². The zero-order chi connectivity index (χ0) is 14.8. The maximum Gasteiger partial charge on any atom is 0.196 e. The molecule has 110 valence electrons. The summed E-state index contributed by atoms with van der Waals surface area (Å²) in [5, 5.41) is 9.82. The molecule has 0 atom stereocenters. The lowest BCUT2D eigenvalue weighted by molar-refractivity contribution is 0.829. The van der Waals surface area contributed by atoms with E-state index < -0.39 is 0 Å². The van der Waals surface area contributed by atoms with Crippen molar-refractivity contribution in [2.75, 3.05) is 0 Å². The van der Waals surface area contributed by atoms with Gasteiger partial charge in [0.15, 0.2) is 5.16 Å². The lowest BCUT2D eigenvalue weighted by Gasteiger charge is -2.09. The molecular weight excluding hydrogens is 292 g/mol. The van der Waals surface area contributed by atoms with E-state index in [0.29, 0.717) is 5.92 Å². The molecule has 0 radical (unpaired) electrons. The standard InChI is InChI=1S/C17H16N4S/c1-2-6-15(7-3-1)21-16(14-8-9-14)19-20-17(21)22-12-13-5-4-10-18-11-13/h1-7,10-11,14H,8-9,12H2. The number of thioether (sulfide) groups is 1. The maximum absolute atomic E-state index is 4.44. The SMILES string of the molecule is c1ccc(-n2c(SCc3cccnc3)nnc2C2CC2)cc1. The van der Waals surface area contributed by atoms with Crippen molar-refractivity contribution in [1.82, 2.24) is 19.7 Å². The largest absolute Gasteiger partial charge is 0.274 e. The summed E-state index contributed by atoms with van der Waals surface area (Å²) in [6.45, 7) is 0. The molecule has 2 heterocycles. The number of para-hydroxylation sites is 1. The predicted molar refractivity (Wildman–Crippen MR) is 87.1 cm³/mol. The van der Waals surface area contributed by atoms with Crippen LogP contribution in [0.2, 0.25) is 0 Å². The van der Waals surface area contributed by atoms with Gasteiger partial charge in [0.05, 0.1) is 0 Å². The van der Waals surface area contributed by atoms with E-state index in [1.165, 1.54) is 18.4 Å². The lowest BCUT2D eigenvalue weighted by Crippen LogP contribution is -2.01. The van der Waals surface area contributed by atoms with Crippen LogP contribution in [-0.2, 0) is 5.75 Å². The van der Waals surface area contributed by atoms with Crippen LogP contribution in [0.1, 0.15) is 30.1 Å². The number of hydrogen-bond donors (Lipinski definition) is 0. The van der Waals surface area contributed by atoms with E-state index in [1.54, 1.807) is 18.0 Å². The average Bonchev–Trinajstić information content (AvgIpc) is 3.34. The van der Waals surface area contributed by atoms with Gasteiger partial charge in [-0.3, -0.25) is 9.55 Å². The first-order chi connectivity index (χ1) is 10.9. The van der Waals surface area contributed by atoms with E-state index in [9.17, 15) is 0 Å². The minimum absolute atomic E-state index is 0.570. The molecule has 5 heteroatoms. The van der Waals surface area contributed by atoms with Gasteiger partial charge >= 0.3 is 0 Å². The Morgan fingerprint density at radius 1 is 1.05 bits per heavy atom. The van der Waals surface area contributed by atoms with Crippen molar-refractivity contribution in [2.45, 2.75) is 29.7 Å². The van der Waals surface area contributed by atoms with Gasteiger partial charge in [0.25, 0.3) is 0 Å². The summed E-state index contributed by atoms with van der Waals surface area (Å²) in [5.74, 6) is 2.52. The van der Waals surface area contributed by atoms with Gasteiger partial charge in [0.1, 0.15) is 5.82 Å². The minimum atomic E-state index is 0.570. The summed E-state index contributed by atoms with van der Waals surface area (Å²) < 4.78 is 2.21. The zero-order valence-corrected chi connectivity index (χ0v) is 12.9. The van der Waals surface area contributed by atoms with Crippen molar-refractivity contribution < 1.29 is 0 Å². The first kappa shape index (κ1) is 13.5. The van der Waals surface area contributed by atoms with Crippen molar-refractivity contribution in [3.05, 3.63) is 66.2 Å². The molecule has 4 nitrogen and oxygen atoms in total. The van der Waals surface area contributed by atoms with E-state index in [1.807, 2.05) is 18.3 Å². The van der Waals surface area contributed by atoms with Gasteiger partial charge in [0, 0.05) is 29.8 Å². The summed E-state index contributed by atoms with van der Waals surface area (Å²) in [6, 6.07) is 14.4. The molecule has 2 aromatic heterocycles. The van der Waals surface area contributed by atoms with E-state index in [0.717, 1.165) is 22.4 Å². The molecule has 1 aliphatic carbocycles. The quantitative estimate of drug-likeness (QED) is 0.672. The lowest BCUT2D eigenvalue weighted by atomic mass is 10.3. The molecule has 1 saturated carbocycles. The van der Waals surface area contributed by atoms with Crippen molar-refractivity contribution in [1.29, 1.82) is 0 Å². The second-order valence-electron chi connectivity index (χ2n) is 5.44. The Morgan fingerprint density at radius 2 is 1.91 bits per heavy atom. The van der Waals surface area contributed by atoms with Crippen LogP contribution in [0, 0.1) is 0 Å². The number of pyridine rings is 1. The molecule has 0 spiro atoms. The fraction of sp³-hybridized carbons (Fsp3) is 0.235. The van der Waals surface area contributed by atoms with Crippen LogP contribution in [0.15, 0.2) is 60.0 Å². The molecule has 0 unspecified atom stereocenters. The first-order valence-electron chi connectivity index (χ1n) is 7.44. The summed E-state index contributed by atoms with van der Waals surface area (Å²) in [4.78, 5) is 4.16. The molecule has 22 heavy (non-hydrogen) atoms. The summed E-state index contributed by atoms with van der Waals surface area (Å²) >= 11 is 1.71. The summed E-state index contributed by atoms with van der Waals surface area (Å²) in [6.07, 6.45) is 6.14. The number of nitrogens with zero attached hydrogens (tertiary/aromatic N) is 4. The summed E-state index contributed by atoms with van der Waals surface area (Å²) in [5.41, 5.74) is 2.34. The topological polar surface area (TPSA) is 43.6 Å². The van der Waals surface area contributed by atoms with Gasteiger partial charge < -0.3 is 0 Å². The Hall–Kier alpha value is -2.14. The maximum atomic E-state index is 4.44. The van der Waals surface area contributed by atoms with Crippen LogP contribution in [0.3, 0.4) is 0 Å². The first-order valence-corrected chi connectivity index (χ1v) is 8.43. The second kappa shape index (κ2) is 5.93. The smallest absolute Gasteiger partial charge is 0.196 e. The van der Waals surface area contributed by atoms with Gasteiger partial charge in [-0.1, -0.05) is 36.0 Å². The second-order valence-corrected chi connectivity index (χ2v) is 6.38. The van der Waals surface area contributed by atoms with Crippen molar-refractivity contribution in [3.8, 4) is 5.69 Å². The molecule has 0 bridgehead atoms. The zero-order valence-electron chi connectivity index (χ0n) is 12.1. The van der Waals surface area contributed by atoms with Crippen molar-refractivity contribution in [3.63, 3.8) is 0 Å². The van der Waals surface area contributed by atoms with Crippen molar-refractivity contribution in [2.24, 2.45) is 0 Å². The minimum Gasteiger partial charge on any atom is -0.274 e. The average molecular weight is 308 g/mol. The highest BCUT2D eigenvalue weighted by Gasteiger charge is 2.30. The van der Waals surface area contributed by atoms with Gasteiger partial charge in [-0.25, -0.2) is 0 Å². The third-order valence-electron chi connectivity index (χ3n) is 3.71. The van der Waals surface area contributed by atoms with Gasteiger partial charge in [0.2, 0.25) is 0 Å². The van der Waals surface area contributed by atoms with Gasteiger partial charge in [-0.05, 0) is 36.6 Å². The Morgan fingerprint density at radius 3 is 2.64 bits per heavy atom. The molecule has 0 aliphatic heterocycles. The Bertz CT molecular complexity index is 751. The Kier molecular flexibility index (Phi) is 3.64. The third kappa shape index (κ3) is 2.76. The number of benzene rings is 1. The fourth-order valence-corrected chi connectivity index (χ4v) is 3.32. The van der Waals surface area contributed by atoms with Gasteiger partial charge in [-0.15, -0.1) is 10.2 Å². The van der Waals surface area contributed by atoms with E-state index >= 15 is 0 Å². The number of rotatable bonds is 5.